The summed E-state index contributed by atoms with van der Waals surface area (Å²) < 4.78 is 54.6. The Labute approximate surface area is 311 Å². The zero-order valence-corrected chi connectivity index (χ0v) is 30.6. The molecular weight excluding hydrogens is 741 g/mol. The number of hydrogen-bond acceptors (Lipinski definition) is 6. The SMILES string of the molecule is N[C@@H]1CCCN([C@@H]2Cc3ccccc3[C@H]2Oc2c(F)cc(F)cc2Br)C1.N[C@@H]1CCCN([C@@H]2Cc3ccccc3[C@H]2Oc2ccc(Cl)cc2F)C1. The Morgan fingerprint density at radius 1 is 0.686 bits per heavy atom. The van der Waals surface area contributed by atoms with E-state index in [2.05, 4.69) is 43.9 Å². The molecule has 4 N–H and O–H groups in total. The van der Waals surface area contributed by atoms with Crippen LogP contribution in [0.2, 0.25) is 5.02 Å². The second kappa shape index (κ2) is 15.9. The zero-order chi connectivity index (χ0) is 35.6. The highest BCUT2D eigenvalue weighted by molar-refractivity contribution is 9.10. The van der Waals surface area contributed by atoms with Crippen molar-refractivity contribution in [1.29, 1.82) is 0 Å². The molecule has 270 valence electrons. The predicted molar refractivity (Wildman–Crippen MR) is 198 cm³/mol. The maximum atomic E-state index is 14.3. The molecule has 51 heavy (non-hydrogen) atoms. The molecule has 0 aromatic heterocycles. The van der Waals surface area contributed by atoms with E-state index in [1.807, 2.05) is 30.3 Å². The van der Waals surface area contributed by atoms with E-state index in [0.717, 1.165) is 81.9 Å². The molecule has 2 heterocycles. The number of fused-ring (bicyclic) bond motifs is 2. The maximum absolute atomic E-state index is 14.3. The first-order chi connectivity index (χ1) is 24.6. The van der Waals surface area contributed by atoms with Crippen molar-refractivity contribution in [2.24, 2.45) is 11.5 Å². The Bertz CT molecular complexity index is 1830. The molecule has 2 saturated heterocycles. The third-order valence-corrected chi connectivity index (χ3v) is 11.4. The van der Waals surface area contributed by atoms with Crippen molar-refractivity contribution in [3.63, 3.8) is 0 Å². The van der Waals surface area contributed by atoms with E-state index >= 15 is 0 Å². The highest BCUT2D eigenvalue weighted by Gasteiger charge is 2.41. The number of benzene rings is 4. The quantitative estimate of drug-likeness (QED) is 0.206. The van der Waals surface area contributed by atoms with E-state index < -0.39 is 17.5 Å². The van der Waals surface area contributed by atoms with Gasteiger partial charge < -0.3 is 20.9 Å². The van der Waals surface area contributed by atoms with Crippen LogP contribution in [0.5, 0.6) is 11.5 Å². The van der Waals surface area contributed by atoms with E-state index in [1.165, 1.54) is 23.3 Å². The Morgan fingerprint density at radius 3 is 1.76 bits per heavy atom. The van der Waals surface area contributed by atoms with Crippen LogP contribution in [-0.2, 0) is 12.8 Å². The Hall–Kier alpha value is -3.12. The van der Waals surface area contributed by atoms with Crippen LogP contribution in [0.15, 0.2) is 83.3 Å². The summed E-state index contributed by atoms with van der Waals surface area (Å²) in [5.41, 5.74) is 17.0. The van der Waals surface area contributed by atoms with E-state index in [0.29, 0.717) is 5.02 Å². The van der Waals surface area contributed by atoms with E-state index in [4.69, 9.17) is 32.5 Å². The van der Waals surface area contributed by atoms with Crippen molar-refractivity contribution >= 4 is 27.5 Å². The van der Waals surface area contributed by atoms with Crippen LogP contribution >= 0.6 is 27.5 Å². The average molecular weight is 784 g/mol. The number of piperidine rings is 2. The van der Waals surface area contributed by atoms with Crippen molar-refractivity contribution in [3.8, 4) is 11.5 Å². The van der Waals surface area contributed by atoms with Crippen LogP contribution < -0.4 is 20.9 Å². The van der Waals surface area contributed by atoms with Gasteiger partial charge in [-0.05, 0) is 114 Å². The highest BCUT2D eigenvalue weighted by Crippen LogP contribution is 2.42. The second-order valence-corrected chi connectivity index (χ2v) is 15.4. The lowest BCUT2D eigenvalue weighted by molar-refractivity contribution is 0.0565. The summed E-state index contributed by atoms with van der Waals surface area (Å²) in [5, 5.41) is 0.371. The fraction of sp³-hybridized carbons (Fsp3) is 0.400. The Kier molecular flexibility index (Phi) is 11.3. The third-order valence-electron chi connectivity index (χ3n) is 10.6. The molecule has 2 aliphatic carbocycles. The summed E-state index contributed by atoms with van der Waals surface area (Å²) in [4.78, 5) is 4.76. The number of ether oxygens (including phenoxy) is 2. The van der Waals surface area contributed by atoms with E-state index in [9.17, 15) is 13.2 Å². The lowest BCUT2D eigenvalue weighted by Gasteiger charge is -2.38. The summed E-state index contributed by atoms with van der Waals surface area (Å²) in [5.74, 6) is -1.45. The van der Waals surface area contributed by atoms with Crippen LogP contribution in [0.3, 0.4) is 0 Å². The van der Waals surface area contributed by atoms with Crippen molar-refractivity contribution in [2.75, 3.05) is 26.2 Å². The first kappa shape index (κ1) is 36.2. The van der Waals surface area contributed by atoms with Gasteiger partial charge in [-0.2, -0.15) is 0 Å². The molecule has 2 fully saturated rings. The maximum Gasteiger partial charge on any atom is 0.170 e. The number of hydrogen-bond donors (Lipinski definition) is 2. The molecule has 6 atom stereocenters. The van der Waals surface area contributed by atoms with Gasteiger partial charge in [0.2, 0.25) is 0 Å². The van der Waals surface area contributed by atoms with Crippen molar-refractivity contribution < 1.29 is 22.6 Å². The predicted octanol–water partition coefficient (Wildman–Crippen LogP) is 8.14. The van der Waals surface area contributed by atoms with Gasteiger partial charge in [0, 0.05) is 36.3 Å². The molecule has 0 bridgehead atoms. The molecule has 0 saturated carbocycles. The molecule has 4 aromatic rings. The highest BCUT2D eigenvalue weighted by atomic mass is 79.9. The third kappa shape index (κ3) is 8.11. The topological polar surface area (TPSA) is 77.0 Å². The smallest absolute Gasteiger partial charge is 0.170 e. The average Bonchev–Trinajstić information content (AvgIpc) is 3.66. The largest absolute Gasteiger partial charge is 0.481 e. The molecule has 0 radical (unpaired) electrons. The van der Waals surface area contributed by atoms with Crippen molar-refractivity contribution in [1.82, 2.24) is 9.80 Å². The van der Waals surface area contributed by atoms with Gasteiger partial charge in [0.15, 0.2) is 23.1 Å². The lowest BCUT2D eigenvalue weighted by Crippen LogP contribution is -2.49. The van der Waals surface area contributed by atoms with Crippen molar-refractivity contribution in [2.45, 2.75) is 74.9 Å². The number of halogens is 5. The molecule has 0 unspecified atom stereocenters. The number of nitrogens with two attached hydrogens (primary N) is 2. The van der Waals surface area contributed by atoms with Crippen LogP contribution in [-0.4, -0.2) is 60.1 Å². The first-order valence-corrected chi connectivity index (χ1v) is 18.9. The van der Waals surface area contributed by atoms with Gasteiger partial charge in [-0.15, -0.1) is 0 Å². The standard InChI is InChI=1S/C20H21BrF2N2O.C20H22ClFN2O/c21-16-9-13(22)10-17(23)20(16)26-19-15-6-2-1-4-12(15)8-18(19)25-7-3-5-14(24)11-25;21-14-7-8-19(17(22)11-14)25-20-16-6-2-1-4-13(16)10-18(20)24-9-3-5-15(23)12-24/h1-2,4,6,9-10,14,18-19H,3,5,7-8,11,24H2;1-2,4,6-8,11,15,18,20H,3,5,9-10,12,23H2/t14-,18-,19-;15-,18-,20-/m11/s1. The van der Waals surface area contributed by atoms with Gasteiger partial charge in [0.25, 0.3) is 0 Å². The number of nitrogens with zero attached hydrogens (tertiary/aromatic N) is 2. The van der Waals surface area contributed by atoms with Gasteiger partial charge in [0.1, 0.15) is 18.0 Å². The summed E-state index contributed by atoms with van der Waals surface area (Å²) in [6.45, 7) is 3.64. The summed E-state index contributed by atoms with van der Waals surface area (Å²) >= 11 is 9.10. The van der Waals surface area contributed by atoms with Crippen LogP contribution in [0.25, 0.3) is 0 Å². The first-order valence-electron chi connectivity index (χ1n) is 17.7. The monoisotopic (exact) mass is 782 g/mol. The zero-order valence-electron chi connectivity index (χ0n) is 28.3. The second-order valence-electron chi connectivity index (χ2n) is 14.1. The molecule has 8 rings (SSSR count). The van der Waals surface area contributed by atoms with E-state index in [1.54, 1.807) is 12.1 Å². The molecule has 2 aliphatic heterocycles. The van der Waals surface area contributed by atoms with Gasteiger partial charge in [-0.1, -0.05) is 60.1 Å². The van der Waals surface area contributed by atoms with Gasteiger partial charge in [-0.25, -0.2) is 13.2 Å². The number of rotatable bonds is 6. The van der Waals surface area contributed by atoms with Gasteiger partial charge in [-0.3, -0.25) is 9.80 Å². The molecule has 11 heteroatoms. The molecule has 4 aromatic carbocycles. The summed E-state index contributed by atoms with van der Waals surface area (Å²) in [6, 6.07) is 23.6. The van der Waals surface area contributed by atoms with Crippen LogP contribution in [0.1, 0.15) is 60.1 Å². The minimum atomic E-state index is -0.699. The minimum Gasteiger partial charge on any atom is -0.481 e. The normalized spacial score (nSPS) is 26.2. The Morgan fingerprint density at radius 2 is 1.24 bits per heavy atom. The molecule has 6 nitrogen and oxygen atoms in total. The fourth-order valence-corrected chi connectivity index (χ4v) is 8.82. The molecule has 4 aliphatic rings. The van der Waals surface area contributed by atoms with Gasteiger partial charge in [0.05, 0.1) is 16.6 Å². The Balaban J connectivity index is 0.000000159. The number of likely N-dealkylation sites (tertiary alicyclic amines) is 2. The summed E-state index contributed by atoms with van der Waals surface area (Å²) in [7, 11) is 0. The fourth-order valence-electron chi connectivity index (χ4n) is 8.16. The minimum absolute atomic E-state index is 0.0550. The van der Waals surface area contributed by atoms with Gasteiger partial charge >= 0.3 is 0 Å². The lowest BCUT2D eigenvalue weighted by atomic mass is 10.0. The molecule has 0 amide bonds. The molecular formula is C40H43BrClF3N4O2. The van der Waals surface area contributed by atoms with Crippen LogP contribution in [0.4, 0.5) is 13.2 Å². The van der Waals surface area contributed by atoms with E-state index in [-0.39, 0.29) is 52.3 Å². The molecule has 0 spiro atoms. The summed E-state index contributed by atoms with van der Waals surface area (Å²) in [6.07, 6.45) is 5.47. The van der Waals surface area contributed by atoms with Crippen molar-refractivity contribution in [3.05, 3.63) is 128 Å². The van der Waals surface area contributed by atoms with Crippen LogP contribution in [0, 0.1) is 17.5 Å².